The quantitative estimate of drug-likeness (QED) is 0.188. The summed E-state index contributed by atoms with van der Waals surface area (Å²) in [5, 5.41) is 7.53. The highest BCUT2D eigenvalue weighted by molar-refractivity contribution is 6.12. The molecule has 8 aromatic carbocycles. The third kappa shape index (κ3) is 4.06. The predicted molar refractivity (Wildman–Crippen MR) is 203 cm³/mol. The molecule has 0 radical (unpaired) electrons. The van der Waals surface area contributed by atoms with Gasteiger partial charge in [0.05, 0.1) is 27.8 Å². The molecule has 0 fully saturated rings. The second-order valence-electron chi connectivity index (χ2n) is 12.6. The summed E-state index contributed by atoms with van der Waals surface area (Å²) in [5.41, 5.74) is 12.0. The molecule has 0 saturated heterocycles. The highest BCUT2D eigenvalue weighted by atomic mass is 15.0. The Morgan fingerprint density at radius 2 is 0.833 bits per heavy atom. The molecule has 10 rings (SSSR count). The summed E-state index contributed by atoms with van der Waals surface area (Å²) in [6, 6.07) is 66.3. The van der Waals surface area contributed by atoms with Crippen LogP contribution in [-0.2, 0) is 0 Å². The first-order chi connectivity index (χ1) is 23.8. The number of fused-ring (bicyclic) bond motifs is 7. The third-order valence-corrected chi connectivity index (χ3v) is 9.90. The number of nitrogens with zero attached hydrogens (tertiary/aromatic N) is 2. The van der Waals surface area contributed by atoms with Gasteiger partial charge in [-0.3, -0.25) is 0 Å². The fourth-order valence-corrected chi connectivity index (χ4v) is 7.68. The highest BCUT2D eigenvalue weighted by Gasteiger charge is 2.18. The van der Waals surface area contributed by atoms with Crippen molar-refractivity contribution in [1.29, 1.82) is 0 Å². The average Bonchev–Trinajstić information content (AvgIpc) is 3.67. The van der Waals surface area contributed by atoms with Crippen molar-refractivity contribution in [2.75, 3.05) is 0 Å². The fourth-order valence-electron chi connectivity index (χ4n) is 7.68. The second-order valence-corrected chi connectivity index (χ2v) is 12.6. The minimum atomic E-state index is 1.17. The molecule has 2 nitrogen and oxygen atoms in total. The molecule has 0 spiro atoms. The molecule has 10 aromatic rings. The Balaban J connectivity index is 1.21. The molecule has 0 aliphatic heterocycles. The van der Waals surface area contributed by atoms with Crippen LogP contribution in [0.15, 0.2) is 182 Å². The number of hydrogen-bond donors (Lipinski definition) is 0. The van der Waals surface area contributed by atoms with E-state index in [1.165, 1.54) is 88.0 Å². The van der Waals surface area contributed by atoms with Crippen LogP contribution < -0.4 is 0 Å². The van der Waals surface area contributed by atoms with E-state index in [1.807, 2.05) is 0 Å². The van der Waals surface area contributed by atoms with Gasteiger partial charge in [0, 0.05) is 32.8 Å². The number of rotatable bonds is 4. The SMILES string of the molecule is c1ccc(-c2ccccc2-n2c3ccccc3c3ccc(-c4ccc5c6ccccc6n(-c6ccc7ccccc7c6)c5c4)cc32)cc1. The molecule has 2 heterocycles. The number of benzene rings is 8. The second kappa shape index (κ2) is 10.6. The maximum absolute atomic E-state index is 2.45. The van der Waals surface area contributed by atoms with Gasteiger partial charge in [-0.25, -0.2) is 0 Å². The molecule has 0 saturated carbocycles. The van der Waals surface area contributed by atoms with Crippen molar-refractivity contribution in [3.05, 3.63) is 182 Å². The summed E-state index contributed by atoms with van der Waals surface area (Å²) in [7, 11) is 0. The van der Waals surface area contributed by atoms with Gasteiger partial charge in [0.1, 0.15) is 0 Å². The Morgan fingerprint density at radius 3 is 1.56 bits per heavy atom. The van der Waals surface area contributed by atoms with Gasteiger partial charge in [-0.2, -0.15) is 0 Å². The topological polar surface area (TPSA) is 9.86 Å². The Bertz CT molecular complexity index is 2830. The van der Waals surface area contributed by atoms with E-state index in [4.69, 9.17) is 0 Å². The normalized spacial score (nSPS) is 11.8. The van der Waals surface area contributed by atoms with Gasteiger partial charge in [0.2, 0.25) is 0 Å². The van der Waals surface area contributed by atoms with Crippen molar-refractivity contribution in [3.8, 4) is 33.6 Å². The van der Waals surface area contributed by atoms with Crippen molar-refractivity contribution in [2.45, 2.75) is 0 Å². The number of para-hydroxylation sites is 3. The third-order valence-electron chi connectivity index (χ3n) is 9.90. The molecule has 0 aliphatic rings. The van der Waals surface area contributed by atoms with E-state index in [9.17, 15) is 0 Å². The van der Waals surface area contributed by atoms with Crippen molar-refractivity contribution in [1.82, 2.24) is 9.13 Å². The zero-order chi connectivity index (χ0) is 31.6. The van der Waals surface area contributed by atoms with Crippen LogP contribution in [0.2, 0.25) is 0 Å². The molecule has 0 unspecified atom stereocenters. The Labute approximate surface area is 278 Å². The molecule has 0 amide bonds. The molecule has 2 aromatic heterocycles. The van der Waals surface area contributed by atoms with Gasteiger partial charge in [-0.05, 0) is 69.9 Å². The average molecular weight is 611 g/mol. The van der Waals surface area contributed by atoms with Crippen LogP contribution in [-0.4, -0.2) is 9.13 Å². The lowest BCUT2D eigenvalue weighted by Gasteiger charge is -2.14. The van der Waals surface area contributed by atoms with Crippen molar-refractivity contribution in [2.24, 2.45) is 0 Å². The maximum Gasteiger partial charge on any atom is 0.0547 e. The van der Waals surface area contributed by atoms with E-state index in [1.54, 1.807) is 0 Å². The minimum Gasteiger partial charge on any atom is -0.309 e. The van der Waals surface area contributed by atoms with E-state index >= 15 is 0 Å². The highest BCUT2D eigenvalue weighted by Crippen LogP contribution is 2.40. The zero-order valence-electron chi connectivity index (χ0n) is 26.2. The van der Waals surface area contributed by atoms with Gasteiger partial charge in [-0.1, -0.05) is 140 Å². The molecular formula is C46H30N2. The Hall–Kier alpha value is -6.38. The molecule has 48 heavy (non-hydrogen) atoms. The summed E-state index contributed by atoms with van der Waals surface area (Å²) in [4.78, 5) is 0. The number of aromatic nitrogens is 2. The Morgan fingerprint density at radius 1 is 0.292 bits per heavy atom. The van der Waals surface area contributed by atoms with Crippen LogP contribution in [0.1, 0.15) is 0 Å². The predicted octanol–water partition coefficient (Wildman–Crippen LogP) is 12.4. The van der Waals surface area contributed by atoms with Gasteiger partial charge >= 0.3 is 0 Å². The van der Waals surface area contributed by atoms with Gasteiger partial charge in [0.15, 0.2) is 0 Å². The van der Waals surface area contributed by atoms with Gasteiger partial charge < -0.3 is 9.13 Å². The smallest absolute Gasteiger partial charge is 0.0547 e. The van der Waals surface area contributed by atoms with Crippen molar-refractivity contribution in [3.63, 3.8) is 0 Å². The Kier molecular flexibility index (Phi) is 5.91. The zero-order valence-corrected chi connectivity index (χ0v) is 26.2. The summed E-state index contributed by atoms with van der Waals surface area (Å²) in [6.45, 7) is 0. The lowest BCUT2D eigenvalue weighted by molar-refractivity contribution is 1.18. The van der Waals surface area contributed by atoms with E-state index in [-0.39, 0.29) is 0 Å². The first kappa shape index (κ1) is 26.8. The van der Waals surface area contributed by atoms with Crippen LogP contribution >= 0.6 is 0 Å². The van der Waals surface area contributed by atoms with E-state index in [0.717, 1.165) is 0 Å². The summed E-state index contributed by atoms with van der Waals surface area (Å²) >= 11 is 0. The van der Waals surface area contributed by atoms with Crippen LogP contribution in [0.4, 0.5) is 0 Å². The molecule has 0 atom stereocenters. The maximum atomic E-state index is 2.45. The first-order valence-electron chi connectivity index (χ1n) is 16.5. The molecule has 224 valence electrons. The summed E-state index contributed by atoms with van der Waals surface area (Å²) in [6.07, 6.45) is 0. The summed E-state index contributed by atoms with van der Waals surface area (Å²) in [5.74, 6) is 0. The molecular weight excluding hydrogens is 581 g/mol. The van der Waals surface area contributed by atoms with E-state index < -0.39 is 0 Å². The van der Waals surface area contributed by atoms with Crippen LogP contribution in [0.3, 0.4) is 0 Å². The first-order valence-corrected chi connectivity index (χ1v) is 16.5. The number of hydrogen-bond acceptors (Lipinski definition) is 0. The summed E-state index contributed by atoms with van der Waals surface area (Å²) < 4.78 is 4.87. The fraction of sp³-hybridized carbons (Fsp3) is 0. The van der Waals surface area contributed by atoms with Crippen LogP contribution in [0.25, 0.3) is 88.0 Å². The molecule has 2 heteroatoms. The van der Waals surface area contributed by atoms with Gasteiger partial charge in [-0.15, -0.1) is 0 Å². The largest absolute Gasteiger partial charge is 0.309 e. The lowest BCUT2D eigenvalue weighted by Crippen LogP contribution is -1.97. The van der Waals surface area contributed by atoms with Crippen LogP contribution in [0.5, 0.6) is 0 Å². The standard InChI is InChI=1S/C46H30N2/c1-2-13-32(14-3-1)37-16-6-9-19-42(37)48-44-21-11-8-18-39(44)41-27-24-35(30-46(41)48)34-23-26-40-38-17-7-10-20-43(38)47(45(40)29-34)36-25-22-31-12-4-5-15-33(31)28-36/h1-30H. The van der Waals surface area contributed by atoms with Crippen molar-refractivity contribution >= 4 is 54.4 Å². The minimum absolute atomic E-state index is 1.17. The van der Waals surface area contributed by atoms with Crippen LogP contribution in [0, 0.1) is 0 Å². The monoisotopic (exact) mass is 610 g/mol. The molecule has 0 N–H and O–H groups in total. The van der Waals surface area contributed by atoms with E-state index in [0.29, 0.717) is 0 Å². The van der Waals surface area contributed by atoms with E-state index in [2.05, 4.69) is 191 Å². The molecule has 0 bridgehead atoms. The lowest BCUT2D eigenvalue weighted by atomic mass is 10.0. The van der Waals surface area contributed by atoms with Crippen molar-refractivity contribution < 1.29 is 0 Å². The molecule has 0 aliphatic carbocycles. The van der Waals surface area contributed by atoms with Gasteiger partial charge in [0.25, 0.3) is 0 Å².